The van der Waals surface area contributed by atoms with E-state index >= 15 is 0 Å². The number of fused-ring (bicyclic) bond motifs is 2. The zero-order chi connectivity index (χ0) is 14.1. The van der Waals surface area contributed by atoms with E-state index in [0.717, 1.165) is 37.1 Å². The van der Waals surface area contributed by atoms with Crippen LogP contribution < -0.4 is 5.32 Å². The molecule has 2 aliphatic heterocycles. The molecule has 4 rings (SSSR count). The van der Waals surface area contributed by atoms with Crippen molar-refractivity contribution in [3.05, 3.63) is 5.82 Å². The summed E-state index contributed by atoms with van der Waals surface area (Å²) >= 11 is 1.52. The first-order chi connectivity index (χ1) is 10.4. The number of hydrogen-bond acceptors (Lipinski definition) is 6. The molecule has 1 saturated carbocycles. The molecule has 1 N–H and O–H groups in total. The van der Waals surface area contributed by atoms with Crippen molar-refractivity contribution in [2.24, 2.45) is 0 Å². The first kappa shape index (κ1) is 13.9. The van der Waals surface area contributed by atoms with Crippen LogP contribution in [0.5, 0.6) is 0 Å². The van der Waals surface area contributed by atoms with Crippen molar-refractivity contribution < 1.29 is 4.74 Å². The smallest absolute Gasteiger partial charge is 0.202 e. The fourth-order valence-corrected chi connectivity index (χ4v) is 4.53. The third-order valence-corrected chi connectivity index (χ3v) is 5.67. The summed E-state index contributed by atoms with van der Waals surface area (Å²) in [7, 11) is 0. The van der Waals surface area contributed by atoms with Crippen molar-refractivity contribution in [3.63, 3.8) is 0 Å². The highest BCUT2D eigenvalue weighted by Crippen LogP contribution is 2.33. The van der Waals surface area contributed by atoms with E-state index in [0.29, 0.717) is 18.1 Å². The summed E-state index contributed by atoms with van der Waals surface area (Å²) in [5.41, 5.74) is 0. The van der Waals surface area contributed by atoms with Crippen LogP contribution >= 0.6 is 11.5 Å². The number of nitrogens with one attached hydrogen (secondary N) is 1. The molecule has 0 aromatic carbocycles. The molecule has 5 nitrogen and oxygen atoms in total. The zero-order valence-electron chi connectivity index (χ0n) is 12.5. The SMILES string of the molecule is C1CCC(c2nsc(NCCN3CC4CCC(C3)O4)n2)C1. The number of anilines is 1. The van der Waals surface area contributed by atoms with E-state index in [1.165, 1.54) is 50.1 Å². The number of rotatable bonds is 5. The van der Waals surface area contributed by atoms with Crippen LogP contribution in [0.4, 0.5) is 5.13 Å². The molecule has 2 atom stereocenters. The molecule has 3 aliphatic rings. The maximum atomic E-state index is 5.87. The Bertz CT molecular complexity index is 462. The minimum absolute atomic E-state index is 0.485. The molecule has 1 aliphatic carbocycles. The molecule has 116 valence electrons. The molecule has 2 bridgehead atoms. The van der Waals surface area contributed by atoms with E-state index < -0.39 is 0 Å². The largest absolute Gasteiger partial charge is 0.372 e. The second-order valence-corrected chi connectivity index (χ2v) is 7.33. The summed E-state index contributed by atoms with van der Waals surface area (Å²) < 4.78 is 10.4. The minimum atomic E-state index is 0.485. The number of aromatic nitrogens is 2. The predicted molar refractivity (Wildman–Crippen MR) is 83.9 cm³/mol. The highest BCUT2D eigenvalue weighted by Gasteiger charge is 2.33. The van der Waals surface area contributed by atoms with Crippen LogP contribution in [0.25, 0.3) is 0 Å². The minimum Gasteiger partial charge on any atom is -0.372 e. The molecule has 2 saturated heterocycles. The average Bonchev–Trinajstić information content (AvgIpc) is 3.20. The lowest BCUT2D eigenvalue weighted by Gasteiger charge is -2.31. The van der Waals surface area contributed by atoms with E-state index in [-0.39, 0.29) is 0 Å². The van der Waals surface area contributed by atoms with Crippen LogP contribution in [0.3, 0.4) is 0 Å². The van der Waals surface area contributed by atoms with E-state index in [1.54, 1.807) is 0 Å². The van der Waals surface area contributed by atoms with Crippen molar-refractivity contribution in [2.45, 2.75) is 56.7 Å². The van der Waals surface area contributed by atoms with Crippen molar-refractivity contribution in [2.75, 3.05) is 31.5 Å². The quantitative estimate of drug-likeness (QED) is 0.905. The predicted octanol–water partition coefficient (Wildman–Crippen LogP) is 2.47. The highest BCUT2D eigenvalue weighted by atomic mass is 32.1. The average molecular weight is 308 g/mol. The van der Waals surface area contributed by atoms with Gasteiger partial charge in [0, 0.05) is 43.6 Å². The molecule has 3 fully saturated rings. The molecule has 1 aromatic heterocycles. The van der Waals surface area contributed by atoms with Crippen LogP contribution in [-0.2, 0) is 4.74 Å². The number of likely N-dealkylation sites (tertiary alicyclic amines) is 1. The number of ether oxygens (including phenoxy) is 1. The summed E-state index contributed by atoms with van der Waals surface area (Å²) in [5, 5.41) is 4.44. The molecular formula is C15H24N4OS. The van der Waals surface area contributed by atoms with Gasteiger partial charge in [-0.05, 0) is 25.7 Å². The van der Waals surface area contributed by atoms with Crippen molar-refractivity contribution in [3.8, 4) is 0 Å². The van der Waals surface area contributed by atoms with Gasteiger partial charge in [0.1, 0.15) is 5.82 Å². The van der Waals surface area contributed by atoms with Gasteiger partial charge in [-0.15, -0.1) is 0 Å². The van der Waals surface area contributed by atoms with Crippen LogP contribution in [0.1, 0.15) is 50.3 Å². The second-order valence-electron chi connectivity index (χ2n) is 6.58. The van der Waals surface area contributed by atoms with Crippen molar-refractivity contribution in [1.29, 1.82) is 0 Å². The van der Waals surface area contributed by atoms with E-state index in [9.17, 15) is 0 Å². The van der Waals surface area contributed by atoms with Crippen LogP contribution in [0.2, 0.25) is 0 Å². The third-order valence-electron chi connectivity index (χ3n) is 4.99. The molecule has 1 aromatic rings. The molecule has 2 unspecified atom stereocenters. The molecular weight excluding hydrogens is 284 g/mol. The molecule has 21 heavy (non-hydrogen) atoms. The maximum absolute atomic E-state index is 5.87. The van der Waals surface area contributed by atoms with Gasteiger partial charge in [0.25, 0.3) is 0 Å². The van der Waals surface area contributed by atoms with Crippen molar-refractivity contribution in [1.82, 2.24) is 14.3 Å². The maximum Gasteiger partial charge on any atom is 0.202 e. The molecule has 3 heterocycles. The van der Waals surface area contributed by atoms with Crippen molar-refractivity contribution >= 4 is 16.7 Å². The lowest BCUT2D eigenvalue weighted by molar-refractivity contribution is -0.0368. The normalized spacial score (nSPS) is 30.1. The summed E-state index contributed by atoms with van der Waals surface area (Å²) in [6, 6.07) is 0. The number of hydrogen-bond donors (Lipinski definition) is 1. The van der Waals surface area contributed by atoms with Crippen LogP contribution in [-0.4, -0.2) is 52.6 Å². The Labute approximate surface area is 130 Å². The van der Waals surface area contributed by atoms with Gasteiger partial charge in [-0.3, -0.25) is 4.90 Å². The Morgan fingerprint density at radius 1 is 1.14 bits per heavy atom. The molecule has 6 heteroatoms. The topological polar surface area (TPSA) is 50.3 Å². The van der Waals surface area contributed by atoms with Gasteiger partial charge in [-0.2, -0.15) is 4.37 Å². The monoisotopic (exact) mass is 308 g/mol. The third kappa shape index (κ3) is 3.22. The standard InChI is InChI=1S/C15H24N4OS/c1-2-4-11(3-1)14-17-15(21-18-14)16-7-8-19-9-12-5-6-13(10-19)20-12/h11-13H,1-10H2,(H,16,17,18). The van der Waals surface area contributed by atoms with Gasteiger partial charge >= 0.3 is 0 Å². The Morgan fingerprint density at radius 2 is 1.90 bits per heavy atom. The summed E-state index contributed by atoms with van der Waals surface area (Å²) in [4.78, 5) is 7.20. The van der Waals surface area contributed by atoms with Gasteiger partial charge in [-0.1, -0.05) is 12.8 Å². The Morgan fingerprint density at radius 3 is 2.67 bits per heavy atom. The molecule has 0 amide bonds. The van der Waals surface area contributed by atoms with Crippen LogP contribution in [0.15, 0.2) is 0 Å². The Hall–Kier alpha value is -0.720. The fourth-order valence-electron chi connectivity index (χ4n) is 3.86. The first-order valence-electron chi connectivity index (χ1n) is 8.32. The fraction of sp³-hybridized carbons (Fsp3) is 0.867. The Balaban J connectivity index is 1.23. The summed E-state index contributed by atoms with van der Waals surface area (Å²) in [6.07, 6.45) is 8.68. The van der Waals surface area contributed by atoms with Gasteiger partial charge in [0.05, 0.1) is 12.2 Å². The number of morpholine rings is 1. The summed E-state index contributed by atoms with van der Waals surface area (Å²) in [5.74, 6) is 1.69. The molecule has 0 radical (unpaired) electrons. The van der Waals surface area contributed by atoms with E-state index in [4.69, 9.17) is 4.74 Å². The van der Waals surface area contributed by atoms with E-state index in [1.807, 2.05) is 0 Å². The second kappa shape index (κ2) is 6.18. The lowest BCUT2D eigenvalue weighted by Crippen LogP contribution is -2.44. The summed E-state index contributed by atoms with van der Waals surface area (Å²) in [6.45, 7) is 4.23. The zero-order valence-corrected chi connectivity index (χ0v) is 13.3. The number of nitrogens with zero attached hydrogens (tertiary/aromatic N) is 3. The van der Waals surface area contributed by atoms with Gasteiger partial charge in [-0.25, -0.2) is 4.98 Å². The van der Waals surface area contributed by atoms with E-state index in [2.05, 4.69) is 19.6 Å². The van der Waals surface area contributed by atoms with Gasteiger partial charge in [0.15, 0.2) is 0 Å². The Kier molecular flexibility index (Phi) is 4.10. The van der Waals surface area contributed by atoms with Gasteiger partial charge in [0.2, 0.25) is 5.13 Å². The highest BCUT2D eigenvalue weighted by molar-refractivity contribution is 7.09. The first-order valence-corrected chi connectivity index (χ1v) is 9.09. The van der Waals surface area contributed by atoms with Gasteiger partial charge < -0.3 is 10.1 Å². The molecule has 0 spiro atoms. The van der Waals surface area contributed by atoms with Crippen LogP contribution in [0, 0.1) is 0 Å². The lowest BCUT2D eigenvalue weighted by atomic mass is 10.1.